The molecular formula is C13H13NO2. The smallest absolute Gasteiger partial charge is 0.321 e. The van der Waals surface area contributed by atoms with Crippen LogP contribution in [0.15, 0.2) is 24.3 Å². The number of aliphatic carboxylic acids is 1. The summed E-state index contributed by atoms with van der Waals surface area (Å²) in [7, 11) is 0. The van der Waals surface area contributed by atoms with Crippen LogP contribution in [0.5, 0.6) is 0 Å². The van der Waals surface area contributed by atoms with E-state index in [1.54, 1.807) is 0 Å². The summed E-state index contributed by atoms with van der Waals surface area (Å²) in [6, 6.07) is 7.42. The molecule has 2 rings (SSSR count). The van der Waals surface area contributed by atoms with Crippen LogP contribution in [0.2, 0.25) is 0 Å². The number of fused-ring (bicyclic) bond motifs is 1. The quantitative estimate of drug-likeness (QED) is 0.752. The lowest BCUT2D eigenvalue weighted by Gasteiger charge is -2.32. The van der Waals surface area contributed by atoms with E-state index in [0.29, 0.717) is 19.5 Å². The van der Waals surface area contributed by atoms with Gasteiger partial charge in [0, 0.05) is 6.54 Å². The van der Waals surface area contributed by atoms with Gasteiger partial charge in [0.25, 0.3) is 0 Å². The van der Waals surface area contributed by atoms with Crippen LogP contribution >= 0.6 is 0 Å². The van der Waals surface area contributed by atoms with Gasteiger partial charge in [-0.3, -0.25) is 9.69 Å². The molecule has 0 saturated heterocycles. The zero-order valence-electron chi connectivity index (χ0n) is 8.89. The molecule has 0 radical (unpaired) electrons. The fourth-order valence-corrected chi connectivity index (χ4v) is 2.10. The number of nitrogens with zero attached hydrogens (tertiary/aromatic N) is 1. The summed E-state index contributed by atoms with van der Waals surface area (Å²) in [5, 5.41) is 9.15. The van der Waals surface area contributed by atoms with Gasteiger partial charge in [-0.1, -0.05) is 30.2 Å². The number of carboxylic acid groups (broad SMARTS) is 1. The molecule has 1 heterocycles. The van der Waals surface area contributed by atoms with Gasteiger partial charge in [-0.25, -0.2) is 0 Å². The summed E-state index contributed by atoms with van der Waals surface area (Å²) in [6.07, 6.45) is 5.79. The average Bonchev–Trinajstić information content (AvgIpc) is 2.28. The van der Waals surface area contributed by atoms with Crippen LogP contribution in [-0.4, -0.2) is 28.6 Å². The lowest BCUT2D eigenvalue weighted by Crippen LogP contribution is -2.45. The fourth-order valence-electron chi connectivity index (χ4n) is 2.10. The van der Waals surface area contributed by atoms with Crippen molar-refractivity contribution in [1.82, 2.24) is 4.90 Å². The highest BCUT2D eigenvalue weighted by molar-refractivity contribution is 5.74. The molecule has 16 heavy (non-hydrogen) atoms. The van der Waals surface area contributed by atoms with E-state index in [2.05, 4.69) is 5.92 Å². The monoisotopic (exact) mass is 215 g/mol. The summed E-state index contributed by atoms with van der Waals surface area (Å²) in [6.45, 7) is 1.00. The molecule has 0 bridgehead atoms. The number of benzene rings is 1. The van der Waals surface area contributed by atoms with Gasteiger partial charge in [0.05, 0.1) is 6.54 Å². The second-order valence-electron chi connectivity index (χ2n) is 3.94. The first kappa shape index (κ1) is 10.7. The second-order valence-corrected chi connectivity index (χ2v) is 3.94. The predicted octanol–water partition coefficient (Wildman–Crippen LogP) is 1.13. The summed E-state index contributed by atoms with van der Waals surface area (Å²) < 4.78 is 0. The van der Waals surface area contributed by atoms with Crippen molar-refractivity contribution in [2.24, 2.45) is 0 Å². The molecule has 0 aromatic heterocycles. The zero-order valence-corrected chi connectivity index (χ0v) is 8.89. The van der Waals surface area contributed by atoms with Gasteiger partial charge in [0.2, 0.25) is 0 Å². The maximum absolute atomic E-state index is 11.1. The fraction of sp³-hybridized carbons (Fsp3) is 0.308. The molecule has 1 aromatic rings. The van der Waals surface area contributed by atoms with Crippen LogP contribution < -0.4 is 0 Å². The Hall–Kier alpha value is -1.79. The van der Waals surface area contributed by atoms with Gasteiger partial charge in [-0.15, -0.1) is 6.42 Å². The van der Waals surface area contributed by atoms with Crippen LogP contribution in [0.1, 0.15) is 11.1 Å². The van der Waals surface area contributed by atoms with E-state index in [0.717, 1.165) is 5.56 Å². The normalized spacial score (nSPS) is 19.8. The minimum atomic E-state index is -0.801. The minimum Gasteiger partial charge on any atom is -0.480 e. The van der Waals surface area contributed by atoms with Gasteiger partial charge >= 0.3 is 5.97 Å². The van der Waals surface area contributed by atoms with E-state index in [9.17, 15) is 4.79 Å². The lowest BCUT2D eigenvalue weighted by molar-refractivity contribution is -0.143. The molecule has 0 aliphatic carbocycles. The van der Waals surface area contributed by atoms with Crippen molar-refractivity contribution in [3.8, 4) is 12.3 Å². The number of rotatable bonds is 2. The Labute approximate surface area is 94.7 Å². The summed E-state index contributed by atoms with van der Waals surface area (Å²) in [5.74, 6) is 1.71. The molecule has 3 nitrogen and oxygen atoms in total. The minimum absolute atomic E-state index is 0.380. The molecule has 3 heteroatoms. The molecular weight excluding hydrogens is 202 g/mol. The third-order valence-electron chi connectivity index (χ3n) is 2.93. The maximum Gasteiger partial charge on any atom is 0.321 e. The Morgan fingerprint density at radius 1 is 1.50 bits per heavy atom. The molecule has 1 aliphatic rings. The first-order valence-corrected chi connectivity index (χ1v) is 5.19. The molecule has 0 fully saturated rings. The van der Waals surface area contributed by atoms with Gasteiger partial charge in [0.1, 0.15) is 6.04 Å². The largest absolute Gasteiger partial charge is 0.480 e. The Kier molecular flexibility index (Phi) is 2.93. The van der Waals surface area contributed by atoms with Gasteiger partial charge in [0.15, 0.2) is 0 Å². The van der Waals surface area contributed by atoms with Crippen LogP contribution in [0.4, 0.5) is 0 Å². The van der Waals surface area contributed by atoms with Crippen molar-refractivity contribution in [2.45, 2.75) is 19.0 Å². The summed E-state index contributed by atoms with van der Waals surface area (Å²) >= 11 is 0. The predicted molar refractivity (Wildman–Crippen MR) is 60.8 cm³/mol. The first-order chi connectivity index (χ1) is 7.72. The van der Waals surface area contributed by atoms with E-state index in [4.69, 9.17) is 11.5 Å². The SMILES string of the molecule is C#CCN1Cc2ccccc2CC1C(=O)O. The zero-order chi connectivity index (χ0) is 11.5. The van der Waals surface area contributed by atoms with Gasteiger partial charge in [-0.2, -0.15) is 0 Å². The van der Waals surface area contributed by atoms with Crippen molar-refractivity contribution in [1.29, 1.82) is 0 Å². The second kappa shape index (κ2) is 4.38. The van der Waals surface area contributed by atoms with Crippen LogP contribution in [-0.2, 0) is 17.8 Å². The average molecular weight is 215 g/mol. The molecule has 1 N–H and O–H groups in total. The third-order valence-corrected chi connectivity index (χ3v) is 2.93. The maximum atomic E-state index is 11.1. The third kappa shape index (κ3) is 1.93. The molecule has 1 unspecified atom stereocenters. The molecule has 1 aromatic carbocycles. The number of terminal acetylenes is 1. The van der Waals surface area contributed by atoms with E-state index in [1.807, 2.05) is 29.2 Å². The highest BCUT2D eigenvalue weighted by atomic mass is 16.4. The number of carboxylic acids is 1. The van der Waals surface area contributed by atoms with E-state index >= 15 is 0 Å². The van der Waals surface area contributed by atoms with Gasteiger partial charge in [-0.05, 0) is 17.5 Å². The molecule has 0 spiro atoms. The van der Waals surface area contributed by atoms with Crippen molar-refractivity contribution < 1.29 is 9.90 Å². The van der Waals surface area contributed by atoms with E-state index in [1.165, 1.54) is 5.56 Å². The van der Waals surface area contributed by atoms with Crippen molar-refractivity contribution >= 4 is 5.97 Å². The number of carbonyl (C=O) groups is 1. The van der Waals surface area contributed by atoms with E-state index in [-0.39, 0.29) is 0 Å². The van der Waals surface area contributed by atoms with Crippen molar-refractivity contribution in [2.75, 3.05) is 6.54 Å². The Bertz CT molecular complexity index is 447. The highest BCUT2D eigenvalue weighted by Gasteiger charge is 2.30. The Morgan fingerprint density at radius 2 is 2.19 bits per heavy atom. The lowest BCUT2D eigenvalue weighted by atomic mass is 9.94. The van der Waals surface area contributed by atoms with Crippen LogP contribution in [0.3, 0.4) is 0 Å². The van der Waals surface area contributed by atoms with Crippen molar-refractivity contribution in [3.63, 3.8) is 0 Å². The highest BCUT2D eigenvalue weighted by Crippen LogP contribution is 2.22. The number of hydrogen-bond donors (Lipinski definition) is 1. The van der Waals surface area contributed by atoms with Crippen LogP contribution in [0.25, 0.3) is 0 Å². The van der Waals surface area contributed by atoms with Crippen molar-refractivity contribution in [3.05, 3.63) is 35.4 Å². The molecule has 0 amide bonds. The first-order valence-electron chi connectivity index (χ1n) is 5.19. The number of hydrogen-bond acceptors (Lipinski definition) is 2. The summed E-state index contributed by atoms with van der Waals surface area (Å²) in [5.41, 5.74) is 2.29. The topological polar surface area (TPSA) is 40.5 Å². The molecule has 0 saturated carbocycles. The molecule has 1 aliphatic heterocycles. The molecule has 1 atom stereocenters. The standard InChI is InChI=1S/C13H13NO2/c1-2-7-14-9-11-6-4-3-5-10(11)8-12(14)13(15)16/h1,3-6,12H,7-9H2,(H,15,16). The van der Waals surface area contributed by atoms with Gasteiger partial charge < -0.3 is 5.11 Å². The molecule has 82 valence electrons. The van der Waals surface area contributed by atoms with E-state index < -0.39 is 12.0 Å². The van der Waals surface area contributed by atoms with Crippen LogP contribution in [0, 0.1) is 12.3 Å². The Balaban J connectivity index is 2.30. The Morgan fingerprint density at radius 3 is 2.81 bits per heavy atom. The summed E-state index contributed by atoms with van der Waals surface area (Å²) in [4.78, 5) is 13.0.